The van der Waals surface area contributed by atoms with E-state index < -0.39 is 0 Å². The highest BCUT2D eigenvalue weighted by Gasteiger charge is 2.07. The summed E-state index contributed by atoms with van der Waals surface area (Å²) in [7, 11) is 0. The van der Waals surface area contributed by atoms with Gasteiger partial charge in [-0.05, 0) is 41.4 Å². The van der Waals surface area contributed by atoms with Crippen molar-refractivity contribution in [2.24, 2.45) is 0 Å². The molecule has 0 amide bonds. The number of pyridine rings is 1. The molecule has 0 bridgehead atoms. The number of hydrogen-bond acceptors (Lipinski definition) is 1. The van der Waals surface area contributed by atoms with Crippen LogP contribution in [-0.2, 0) is 6.42 Å². The van der Waals surface area contributed by atoms with Crippen LogP contribution in [0.15, 0.2) is 22.8 Å². The third-order valence-corrected chi connectivity index (χ3v) is 2.89. The lowest BCUT2D eigenvalue weighted by Gasteiger charge is -1.96. The highest BCUT2D eigenvalue weighted by atomic mass is 79.9. The van der Waals surface area contributed by atoms with Crippen LogP contribution in [0, 0.1) is 6.92 Å². The van der Waals surface area contributed by atoms with Gasteiger partial charge in [0.1, 0.15) is 0 Å². The number of halogens is 1. The van der Waals surface area contributed by atoms with Gasteiger partial charge in [-0.1, -0.05) is 6.92 Å². The van der Waals surface area contributed by atoms with Gasteiger partial charge < -0.3 is 4.40 Å². The highest BCUT2D eigenvalue weighted by molar-refractivity contribution is 9.10. The Morgan fingerprint density at radius 1 is 1.54 bits per heavy atom. The van der Waals surface area contributed by atoms with Crippen LogP contribution in [0.3, 0.4) is 0 Å². The number of nitrogens with zero attached hydrogens (tertiary/aromatic N) is 2. The average Bonchev–Trinajstić information content (AvgIpc) is 2.45. The number of aryl methyl sites for hydroxylation is 2. The quantitative estimate of drug-likeness (QED) is 0.747. The lowest BCUT2D eigenvalue weighted by Crippen LogP contribution is -1.87. The summed E-state index contributed by atoms with van der Waals surface area (Å²) in [4.78, 5) is 4.55. The average molecular weight is 239 g/mol. The Bertz CT molecular complexity index is 445. The molecule has 2 heterocycles. The summed E-state index contributed by atoms with van der Waals surface area (Å²) in [5.41, 5.74) is 3.42. The largest absolute Gasteiger partial charge is 0.303 e. The maximum Gasteiger partial charge on any atom is 0.151 e. The third-order valence-electron chi connectivity index (χ3n) is 2.27. The Hall–Kier alpha value is -0.830. The molecular formula is C10H11BrN2. The number of imidazole rings is 1. The van der Waals surface area contributed by atoms with Crippen molar-refractivity contribution in [2.75, 3.05) is 0 Å². The van der Waals surface area contributed by atoms with Gasteiger partial charge in [-0.25, -0.2) is 4.98 Å². The molecule has 0 spiro atoms. The van der Waals surface area contributed by atoms with E-state index >= 15 is 0 Å². The molecule has 3 heteroatoms. The molecule has 0 saturated carbocycles. The maximum absolute atomic E-state index is 4.55. The SMILES string of the molecule is CCc1nc2c(Br)cccn2c1C. The van der Waals surface area contributed by atoms with E-state index in [1.807, 2.05) is 18.3 Å². The van der Waals surface area contributed by atoms with Gasteiger partial charge in [0.15, 0.2) is 5.65 Å². The second-order valence-electron chi connectivity index (χ2n) is 3.05. The van der Waals surface area contributed by atoms with Crippen molar-refractivity contribution in [2.45, 2.75) is 20.3 Å². The van der Waals surface area contributed by atoms with Crippen molar-refractivity contribution in [1.82, 2.24) is 9.38 Å². The lowest BCUT2D eigenvalue weighted by molar-refractivity contribution is 1.02. The van der Waals surface area contributed by atoms with Crippen LogP contribution in [-0.4, -0.2) is 9.38 Å². The molecule has 0 N–H and O–H groups in total. The molecule has 68 valence electrons. The molecule has 2 aromatic rings. The van der Waals surface area contributed by atoms with Crippen LogP contribution >= 0.6 is 15.9 Å². The van der Waals surface area contributed by atoms with Crippen molar-refractivity contribution in [3.63, 3.8) is 0 Å². The summed E-state index contributed by atoms with van der Waals surface area (Å²) < 4.78 is 3.17. The zero-order chi connectivity index (χ0) is 9.42. The van der Waals surface area contributed by atoms with Crippen LogP contribution < -0.4 is 0 Å². The first-order valence-electron chi connectivity index (χ1n) is 4.36. The summed E-state index contributed by atoms with van der Waals surface area (Å²) in [6, 6.07) is 4.03. The van der Waals surface area contributed by atoms with Gasteiger partial charge in [0.05, 0.1) is 10.2 Å². The van der Waals surface area contributed by atoms with Crippen LogP contribution in [0.25, 0.3) is 5.65 Å². The summed E-state index contributed by atoms with van der Waals surface area (Å²) in [5, 5.41) is 0. The van der Waals surface area contributed by atoms with Gasteiger partial charge in [0.2, 0.25) is 0 Å². The summed E-state index contributed by atoms with van der Waals surface area (Å²) >= 11 is 3.49. The predicted octanol–water partition coefficient (Wildman–Crippen LogP) is 2.97. The van der Waals surface area contributed by atoms with E-state index in [2.05, 4.69) is 39.2 Å². The number of aromatic nitrogens is 2. The Kier molecular flexibility index (Phi) is 2.12. The van der Waals surface area contributed by atoms with E-state index in [1.54, 1.807) is 0 Å². The molecule has 0 aliphatic carbocycles. The molecule has 0 aliphatic rings. The van der Waals surface area contributed by atoms with Crippen LogP contribution in [0.4, 0.5) is 0 Å². The molecule has 0 unspecified atom stereocenters. The Morgan fingerprint density at radius 3 is 2.92 bits per heavy atom. The van der Waals surface area contributed by atoms with E-state index in [1.165, 1.54) is 11.4 Å². The van der Waals surface area contributed by atoms with Crippen LogP contribution in [0.2, 0.25) is 0 Å². The van der Waals surface area contributed by atoms with Crippen LogP contribution in [0.1, 0.15) is 18.3 Å². The van der Waals surface area contributed by atoms with Gasteiger partial charge >= 0.3 is 0 Å². The van der Waals surface area contributed by atoms with E-state index in [0.717, 1.165) is 16.5 Å². The minimum absolute atomic E-state index is 0.986. The normalized spacial score (nSPS) is 11.0. The Morgan fingerprint density at radius 2 is 2.31 bits per heavy atom. The summed E-state index contributed by atoms with van der Waals surface area (Å²) in [6.07, 6.45) is 3.03. The first-order valence-corrected chi connectivity index (χ1v) is 5.15. The molecule has 0 saturated heterocycles. The maximum atomic E-state index is 4.55. The predicted molar refractivity (Wildman–Crippen MR) is 57.0 cm³/mol. The smallest absolute Gasteiger partial charge is 0.151 e. The first kappa shape index (κ1) is 8.75. The first-order chi connectivity index (χ1) is 6.24. The standard InChI is InChI=1S/C10H11BrN2/c1-3-9-7(2)13-6-4-5-8(11)10(13)12-9/h4-6H,3H2,1-2H3. The molecule has 2 aromatic heterocycles. The van der Waals surface area contributed by atoms with Gasteiger partial charge in [-0.3, -0.25) is 0 Å². The van der Waals surface area contributed by atoms with E-state index in [4.69, 9.17) is 0 Å². The topological polar surface area (TPSA) is 17.3 Å². The molecule has 13 heavy (non-hydrogen) atoms. The van der Waals surface area contributed by atoms with Crippen molar-refractivity contribution < 1.29 is 0 Å². The van der Waals surface area contributed by atoms with E-state index in [-0.39, 0.29) is 0 Å². The zero-order valence-corrected chi connectivity index (χ0v) is 9.30. The highest BCUT2D eigenvalue weighted by Crippen LogP contribution is 2.20. The number of fused-ring (bicyclic) bond motifs is 1. The monoisotopic (exact) mass is 238 g/mol. The molecule has 2 nitrogen and oxygen atoms in total. The number of hydrogen-bond donors (Lipinski definition) is 0. The van der Waals surface area contributed by atoms with Gasteiger partial charge in [0.25, 0.3) is 0 Å². The molecule has 0 radical (unpaired) electrons. The second-order valence-corrected chi connectivity index (χ2v) is 3.90. The summed E-state index contributed by atoms with van der Waals surface area (Å²) in [5.74, 6) is 0. The molecule has 0 aliphatic heterocycles. The zero-order valence-electron chi connectivity index (χ0n) is 7.71. The van der Waals surface area contributed by atoms with Gasteiger partial charge in [-0.15, -0.1) is 0 Å². The van der Waals surface area contributed by atoms with Gasteiger partial charge in [-0.2, -0.15) is 0 Å². The van der Waals surface area contributed by atoms with Crippen LogP contribution in [0.5, 0.6) is 0 Å². The van der Waals surface area contributed by atoms with E-state index in [9.17, 15) is 0 Å². The molecule has 0 atom stereocenters. The van der Waals surface area contributed by atoms with Crippen molar-refractivity contribution in [1.29, 1.82) is 0 Å². The van der Waals surface area contributed by atoms with Gasteiger partial charge in [0, 0.05) is 11.9 Å². The minimum atomic E-state index is 0.986. The minimum Gasteiger partial charge on any atom is -0.303 e. The fourth-order valence-electron chi connectivity index (χ4n) is 1.53. The van der Waals surface area contributed by atoms with Crippen molar-refractivity contribution in [3.8, 4) is 0 Å². The fraction of sp³-hybridized carbons (Fsp3) is 0.300. The molecule has 0 fully saturated rings. The molecule has 0 aromatic carbocycles. The molecule has 2 rings (SSSR count). The lowest BCUT2D eigenvalue weighted by atomic mass is 10.3. The third kappa shape index (κ3) is 1.27. The molecular weight excluding hydrogens is 228 g/mol. The van der Waals surface area contributed by atoms with Crippen molar-refractivity contribution >= 4 is 21.6 Å². The Balaban J connectivity index is 2.83. The second kappa shape index (κ2) is 3.14. The Labute approximate surface area is 85.7 Å². The fourth-order valence-corrected chi connectivity index (χ4v) is 1.97. The summed E-state index contributed by atoms with van der Waals surface area (Å²) in [6.45, 7) is 4.23. The van der Waals surface area contributed by atoms with Crippen molar-refractivity contribution in [3.05, 3.63) is 34.2 Å². The number of rotatable bonds is 1. The van der Waals surface area contributed by atoms with E-state index in [0.29, 0.717) is 0 Å².